The van der Waals surface area contributed by atoms with E-state index in [0.29, 0.717) is 19.0 Å². The molecule has 0 radical (unpaired) electrons. The van der Waals surface area contributed by atoms with E-state index in [1.165, 1.54) is 9.87 Å². The standard InChI is InChI=1S/C14H23N3O2S/c1-12-6-7-13(10-15-12)9-14-5-4-8-17(11-14)20(18,19)16(2)3/h6-7,10,14H,4-5,8-9,11H2,1-3H3/t14-/m1/s1. The van der Waals surface area contributed by atoms with Crippen molar-refractivity contribution in [1.82, 2.24) is 13.6 Å². The number of piperidine rings is 1. The van der Waals surface area contributed by atoms with E-state index >= 15 is 0 Å². The van der Waals surface area contributed by atoms with Crippen LogP contribution in [0.1, 0.15) is 24.1 Å². The van der Waals surface area contributed by atoms with Crippen molar-refractivity contribution in [2.45, 2.75) is 26.2 Å². The van der Waals surface area contributed by atoms with Crippen molar-refractivity contribution in [2.24, 2.45) is 5.92 Å². The Morgan fingerprint density at radius 3 is 2.75 bits per heavy atom. The molecule has 112 valence electrons. The second kappa shape index (κ2) is 6.20. The van der Waals surface area contributed by atoms with Gasteiger partial charge in [0.25, 0.3) is 10.2 Å². The van der Waals surface area contributed by atoms with Crippen LogP contribution in [0.4, 0.5) is 0 Å². The summed E-state index contributed by atoms with van der Waals surface area (Å²) < 4.78 is 27.2. The van der Waals surface area contributed by atoms with Crippen LogP contribution < -0.4 is 0 Å². The van der Waals surface area contributed by atoms with Gasteiger partial charge in [0.05, 0.1) is 0 Å². The Hall–Kier alpha value is -0.980. The first-order valence-electron chi connectivity index (χ1n) is 6.98. The Bertz CT molecular complexity index is 540. The van der Waals surface area contributed by atoms with Gasteiger partial charge in [-0.25, -0.2) is 0 Å². The molecule has 1 saturated heterocycles. The molecule has 6 heteroatoms. The van der Waals surface area contributed by atoms with E-state index in [1.54, 1.807) is 18.4 Å². The van der Waals surface area contributed by atoms with Gasteiger partial charge in [-0.15, -0.1) is 0 Å². The summed E-state index contributed by atoms with van der Waals surface area (Å²) >= 11 is 0. The molecule has 0 saturated carbocycles. The maximum atomic E-state index is 12.2. The molecule has 0 bridgehead atoms. The summed E-state index contributed by atoms with van der Waals surface area (Å²) in [7, 11) is -0.109. The fraction of sp³-hybridized carbons (Fsp3) is 0.643. The largest absolute Gasteiger partial charge is 0.281 e. The fourth-order valence-electron chi connectivity index (χ4n) is 2.59. The van der Waals surface area contributed by atoms with Gasteiger partial charge in [0.15, 0.2) is 0 Å². The highest BCUT2D eigenvalue weighted by Crippen LogP contribution is 2.23. The zero-order valence-electron chi connectivity index (χ0n) is 12.4. The molecule has 2 heterocycles. The quantitative estimate of drug-likeness (QED) is 0.845. The van der Waals surface area contributed by atoms with E-state index in [2.05, 4.69) is 11.1 Å². The van der Waals surface area contributed by atoms with Crippen LogP contribution >= 0.6 is 0 Å². The predicted molar refractivity (Wildman–Crippen MR) is 79.6 cm³/mol. The van der Waals surface area contributed by atoms with Crippen LogP contribution in [0.25, 0.3) is 0 Å². The van der Waals surface area contributed by atoms with Crippen LogP contribution in [-0.2, 0) is 16.6 Å². The first-order valence-corrected chi connectivity index (χ1v) is 8.38. The highest BCUT2D eigenvalue weighted by Gasteiger charge is 2.30. The van der Waals surface area contributed by atoms with Gasteiger partial charge in [-0.05, 0) is 43.7 Å². The molecule has 1 aliphatic heterocycles. The SMILES string of the molecule is Cc1ccc(C[C@H]2CCCN(S(=O)(=O)N(C)C)C2)cn1. The van der Waals surface area contributed by atoms with Crippen LogP contribution in [-0.4, -0.2) is 49.2 Å². The molecule has 1 aromatic rings. The average molecular weight is 297 g/mol. The Morgan fingerprint density at radius 1 is 1.40 bits per heavy atom. The normalized spacial score (nSPS) is 21.3. The number of nitrogens with zero attached hydrogens (tertiary/aromatic N) is 3. The summed E-state index contributed by atoms with van der Waals surface area (Å²) in [6, 6.07) is 4.09. The van der Waals surface area contributed by atoms with Crippen molar-refractivity contribution < 1.29 is 8.42 Å². The minimum atomic E-state index is -3.28. The molecule has 1 aliphatic rings. The summed E-state index contributed by atoms with van der Waals surface area (Å²) in [4.78, 5) is 4.30. The zero-order chi connectivity index (χ0) is 14.8. The molecule has 0 spiro atoms. The van der Waals surface area contributed by atoms with Crippen molar-refractivity contribution in [1.29, 1.82) is 0 Å². The molecule has 1 fully saturated rings. The lowest BCUT2D eigenvalue weighted by molar-refractivity contribution is 0.254. The predicted octanol–water partition coefficient (Wildman–Crippen LogP) is 1.45. The van der Waals surface area contributed by atoms with Crippen LogP contribution in [0, 0.1) is 12.8 Å². The number of hydrogen-bond acceptors (Lipinski definition) is 3. The smallest absolute Gasteiger partial charge is 0.261 e. The lowest BCUT2D eigenvalue weighted by Crippen LogP contribution is -2.45. The first kappa shape index (κ1) is 15.4. The second-order valence-electron chi connectivity index (χ2n) is 5.67. The Morgan fingerprint density at radius 2 is 2.15 bits per heavy atom. The van der Waals surface area contributed by atoms with Gasteiger partial charge < -0.3 is 0 Å². The van der Waals surface area contributed by atoms with E-state index < -0.39 is 10.2 Å². The maximum Gasteiger partial charge on any atom is 0.281 e. The minimum Gasteiger partial charge on any atom is -0.261 e. The summed E-state index contributed by atoms with van der Waals surface area (Å²) in [5, 5.41) is 0. The number of aryl methyl sites for hydroxylation is 1. The van der Waals surface area contributed by atoms with E-state index in [1.807, 2.05) is 19.2 Å². The van der Waals surface area contributed by atoms with Gasteiger partial charge in [0.1, 0.15) is 0 Å². The number of pyridine rings is 1. The summed E-state index contributed by atoms with van der Waals surface area (Å²) in [6.07, 6.45) is 4.80. The van der Waals surface area contributed by atoms with Gasteiger partial charge >= 0.3 is 0 Å². The van der Waals surface area contributed by atoms with E-state index in [0.717, 1.165) is 25.0 Å². The minimum absolute atomic E-state index is 0.378. The third-order valence-corrected chi connectivity index (χ3v) is 5.67. The van der Waals surface area contributed by atoms with E-state index in [4.69, 9.17) is 0 Å². The van der Waals surface area contributed by atoms with Crippen molar-refractivity contribution in [2.75, 3.05) is 27.2 Å². The van der Waals surface area contributed by atoms with Crippen LogP contribution in [0.3, 0.4) is 0 Å². The maximum absolute atomic E-state index is 12.2. The van der Waals surface area contributed by atoms with Gasteiger partial charge in [0, 0.05) is 39.1 Å². The molecule has 1 atom stereocenters. The van der Waals surface area contributed by atoms with Crippen LogP contribution in [0.5, 0.6) is 0 Å². The zero-order valence-corrected chi connectivity index (χ0v) is 13.2. The second-order valence-corrected chi connectivity index (χ2v) is 7.81. The number of hydrogen-bond donors (Lipinski definition) is 0. The van der Waals surface area contributed by atoms with Crippen molar-refractivity contribution in [3.63, 3.8) is 0 Å². The van der Waals surface area contributed by atoms with Crippen molar-refractivity contribution in [3.05, 3.63) is 29.6 Å². The molecule has 0 N–H and O–H groups in total. The average Bonchev–Trinajstić information content (AvgIpc) is 2.41. The molecular formula is C14H23N3O2S. The molecule has 1 aromatic heterocycles. The van der Waals surface area contributed by atoms with Gasteiger partial charge in [0.2, 0.25) is 0 Å². The van der Waals surface area contributed by atoms with Gasteiger partial charge in [-0.1, -0.05) is 6.07 Å². The summed E-state index contributed by atoms with van der Waals surface area (Å²) in [5.41, 5.74) is 2.19. The molecule has 0 amide bonds. The molecule has 0 unspecified atom stereocenters. The highest BCUT2D eigenvalue weighted by atomic mass is 32.2. The number of aromatic nitrogens is 1. The Kier molecular flexibility index (Phi) is 4.78. The molecule has 0 aromatic carbocycles. The lowest BCUT2D eigenvalue weighted by atomic mass is 9.93. The van der Waals surface area contributed by atoms with Crippen molar-refractivity contribution in [3.8, 4) is 0 Å². The molecular weight excluding hydrogens is 274 g/mol. The van der Waals surface area contributed by atoms with Crippen LogP contribution in [0.2, 0.25) is 0 Å². The van der Waals surface area contributed by atoms with E-state index in [-0.39, 0.29) is 0 Å². The fourth-order valence-corrected chi connectivity index (χ4v) is 3.81. The van der Waals surface area contributed by atoms with E-state index in [9.17, 15) is 8.42 Å². The molecule has 5 nitrogen and oxygen atoms in total. The topological polar surface area (TPSA) is 53.5 Å². The van der Waals surface area contributed by atoms with Crippen molar-refractivity contribution >= 4 is 10.2 Å². The van der Waals surface area contributed by atoms with Gasteiger partial charge in [-0.2, -0.15) is 17.0 Å². The number of rotatable bonds is 4. The lowest BCUT2D eigenvalue weighted by Gasteiger charge is -2.33. The van der Waals surface area contributed by atoms with Crippen LogP contribution in [0.15, 0.2) is 18.3 Å². The highest BCUT2D eigenvalue weighted by molar-refractivity contribution is 7.86. The third kappa shape index (κ3) is 3.56. The third-order valence-electron chi connectivity index (χ3n) is 3.77. The molecule has 2 rings (SSSR count). The summed E-state index contributed by atoms with van der Waals surface area (Å²) in [5.74, 6) is 0.378. The monoisotopic (exact) mass is 297 g/mol. The summed E-state index contributed by atoms with van der Waals surface area (Å²) in [6.45, 7) is 3.20. The first-order chi connectivity index (χ1) is 9.39. The molecule has 0 aliphatic carbocycles. The Labute approximate surface area is 121 Å². The molecule has 20 heavy (non-hydrogen) atoms. The Balaban J connectivity index is 2.02. The van der Waals surface area contributed by atoms with Gasteiger partial charge in [-0.3, -0.25) is 4.98 Å².